The molecule has 1 saturated carbocycles. The summed E-state index contributed by atoms with van der Waals surface area (Å²) in [5.41, 5.74) is 3.70. The van der Waals surface area contributed by atoms with Crippen molar-refractivity contribution in [3.63, 3.8) is 0 Å². The topological polar surface area (TPSA) is 49.6 Å². The Kier molecular flexibility index (Phi) is 5.42. The van der Waals surface area contributed by atoms with Gasteiger partial charge in [0.1, 0.15) is 0 Å². The zero-order valence-electron chi connectivity index (χ0n) is 17.9. The summed E-state index contributed by atoms with van der Waals surface area (Å²) in [7, 11) is 1.37. The zero-order chi connectivity index (χ0) is 24.3. The maximum Gasteiger partial charge on any atom is 0.416 e. The number of amides is 2. The van der Waals surface area contributed by atoms with Crippen LogP contribution < -0.4 is 5.73 Å². The number of rotatable bonds is 3. The third-order valence-corrected chi connectivity index (χ3v) is 6.77. The highest BCUT2D eigenvalue weighted by molar-refractivity contribution is 5.76. The number of carbonyl (C=O) groups excluding carboxylic acids is 1. The molecular weight excluding hydrogens is 448 g/mol. The second kappa shape index (κ2) is 7.65. The number of fused-ring (bicyclic) bond motifs is 1. The Hall–Kier alpha value is -2.75. The fraction of sp³-hybridized carbons (Fsp3) is 0.435. The summed E-state index contributed by atoms with van der Waals surface area (Å²) in [4.78, 5) is 16.1. The van der Waals surface area contributed by atoms with E-state index in [9.17, 15) is 31.1 Å². The number of piperidine rings is 1. The molecule has 2 N–H and O–H groups in total. The summed E-state index contributed by atoms with van der Waals surface area (Å²) in [5.74, 6) is 0.0979. The van der Waals surface area contributed by atoms with Gasteiger partial charge in [0.2, 0.25) is 0 Å². The molecule has 2 fully saturated rings. The molecule has 1 aliphatic carbocycles. The fourth-order valence-electron chi connectivity index (χ4n) is 4.70. The average molecular weight is 471 g/mol. The van der Waals surface area contributed by atoms with E-state index < -0.39 is 47.1 Å². The average Bonchev–Trinajstić information content (AvgIpc) is 3.31. The molecule has 2 aromatic rings. The van der Waals surface area contributed by atoms with Gasteiger partial charge in [0.15, 0.2) is 0 Å². The van der Waals surface area contributed by atoms with Gasteiger partial charge in [0.05, 0.1) is 23.2 Å². The predicted octanol–water partition coefficient (Wildman–Crippen LogP) is 5.61. The number of nitrogens with zero attached hydrogens (tertiary/aromatic N) is 2. The number of hydrogen-bond donors (Lipinski definition) is 1. The molecule has 0 radical (unpaired) electrons. The molecule has 0 aromatic heterocycles. The van der Waals surface area contributed by atoms with Crippen LogP contribution in [0.5, 0.6) is 0 Å². The van der Waals surface area contributed by atoms with Gasteiger partial charge in [-0.2, -0.15) is 26.3 Å². The molecule has 4 rings (SSSR count). The standard InChI is InChI=1S/C23H23F6N3O/c1-13(15-8-16(22(24,25)26)10-17(9-15)23(27,28)29)31(2)20(33)32-12-18-11-21(18,30)19(32)14-6-4-3-5-7-14/h3-10,13,18-19H,11-12,30H2,1-2H3/t13-,18?,19-,21-/m0/s1. The highest BCUT2D eigenvalue weighted by atomic mass is 19.4. The molecule has 1 saturated heterocycles. The van der Waals surface area contributed by atoms with E-state index in [0.717, 1.165) is 12.0 Å². The van der Waals surface area contributed by atoms with Gasteiger partial charge >= 0.3 is 18.4 Å². The van der Waals surface area contributed by atoms with E-state index >= 15 is 0 Å². The van der Waals surface area contributed by atoms with Crippen molar-refractivity contribution in [1.82, 2.24) is 9.80 Å². The van der Waals surface area contributed by atoms with Crippen LogP contribution in [0.2, 0.25) is 0 Å². The maximum absolute atomic E-state index is 13.4. The molecule has 10 heteroatoms. The molecule has 1 heterocycles. The lowest BCUT2D eigenvalue weighted by atomic mass is 9.97. The second-order valence-electron chi connectivity index (χ2n) is 8.89. The number of halogens is 6. The molecule has 4 atom stereocenters. The van der Waals surface area contributed by atoms with E-state index in [1.807, 2.05) is 30.3 Å². The SMILES string of the molecule is C[C@@H](c1cc(C(F)(F)F)cc(C(F)(F)F)c1)N(C)C(=O)N1CC2C[C@@]2(N)[C@@H]1c1ccccc1. The van der Waals surface area contributed by atoms with E-state index in [4.69, 9.17) is 5.73 Å². The van der Waals surface area contributed by atoms with E-state index in [1.165, 1.54) is 18.9 Å². The van der Waals surface area contributed by atoms with Crippen molar-refractivity contribution in [3.05, 3.63) is 70.8 Å². The highest BCUT2D eigenvalue weighted by Gasteiger charge is 2.65. The number of hydrogen-bond acceptors (Lipinski definition) is 2. The quantitative estimate of drug-likeness (QED) is 0.592. The monoisotopic (exact) mass is 471 g/mol. The molecule has 2 amide bonds. The van der Waals surface area contributed by atoms with Crippen molar-refractivity contribution < 1.29 is 31.1 Å². The summed E-state index contributed by atoms with van der Waals surface area (Å²) < 4.78 is 79.6. The summed E-state index contributed by atoms with van der Waals surface area (Å²) >= 11 is 0. The van der Waals surface area contributed by atoms with Crippen LogP contribution in [0.1, 0.15) is 47.7 Å². The van der Waals surface area contributed by atoms with Gasteiger partial charge in [-0.15, -0.1) is 0 Å². The Morgan fingerprint density at radius 2 is 1.61 bits per heavy atom. The van der Waals surface area contributed by atoms with Gasteiger partial charge in [0, 0.05) is 19.1 Å². The Morgan fingerprint density at radius 3 is 2.12 bits per heavy atom. The first kappa shape index (κ1) is 23.4. The van der Waals surface area contributed by atoms with Crippen LogP contribution in [0.4, 0.5) is 31.1 Å². The van der Waals surface area contributed by atoms with E-state index in [-0.39, 0.29) is 17.5 Å². The predicted molar refractivity (Wildman–Crippen MR) is 109 cm³/mol. The van der Waals surface area contributed by atoms with Crippen molar-refractivity contribution in [1.29, 1.82) is 0 Å². The minimum absolute atomic E-state index is 0.0790. The molecule has 33 heavy (non-hydrogen) atoms. The van der Waals surface area contributed by atoms with Crippen LogP contribution in [0.25, 0.3) is 0 Å². The molecule has 178 valence electrons. The number of urea groups is 1. The fourth-order valence-corrected chi connectivity index (χ4v) is 4.70. The third-order valence-electron chi connectivity index (χ3n) is 6.77. The Morgan fingerprint density at radius 1 is 1.06 bits per heavy atom. The molecule has 4 nitrogen and oxygen atoms in total. The van der Waals surface area contributed by atoms with Crippen LogP contribution in [0.15, 0.2) is 48.5 Å². The summed E-state index contributed by atoms with van der Waals surface area (Å²) in [6, 6.07) is 8.62. The van der Waals surface area contributed by atoms with Gasteiger partial charge in [-0.1, -0.05) is 30.3 Å². The number of carbonyl (C=O) groups is 1. The Balaban J connectivity index is 1.64. The first-order valence-electron chi connectivity index (χ1n) is 10.4. The second-order valence-corrected chi connectivity index (χ2v) is 8.89. The largest absolute Gasteiger partial charge is 0.416 e. The van der Waals surface area contributed by atoms with Crippen LogP contribution in [-0.4, -0.2) is 35.0 Å². The van der Waals surface area contributed by atoms with Gasteiger partial charge in [0.25, 0.3) is 0 Å². The van der Waals surface area contributed by atoms with Crippen LogP contribution in [-0.2, 0) is 12.4 Å². The normalized spacial score (nSPS) is 25.5. The minimum atomic E-state index is -4.96. The van der Waals surface area contributed by atoms with E-state index in [0.29, 0.717) is 18.7 Å². The lowest BCUT2D eigenvalue weighted by Gasteiger charge is -2.36. The molecule has 0 spiro atoms. The number of alkyl halides is 6. The molecule has 2 aromatic carbocycles. The zero-order valence-corrected chi connectivity index (χ0v) is 17.9. The first-order chi connectivity index (χ1) is 15.2. The van der Waals surface area contributed by atoms with Crippen molar-refractivity contribution in [3.8, 4) is 0 Å². The molecule has 1 unspecified atom stereocenters. The summed E-state index contributed by atoms with van der Waals surface area (Å²) in [6.07, 6.45) is -9.17. The van der Waals surface area contributed by atoms with E-state index in [2.05, 4.69) is 0 Å². The number of benzene rings is 2. The van der Waals surface area contributed by atoms with Gasteiger partial charge in [-0.25, -0.2) is 4.79 Å². The van der Waals surface area contributed by atoms with Crippen LogP contribution in [0.3, 0.4) is 0 Å². The van der Waals surface area contributed by atoms with Crippen LogP contribution in [0, 0.1) is 5.92 Å². The Bertz CT molecular complexity index is 1020. The highest BCUT2D eigenvalue weighted by Crippen LogP contribution is 2.58. The summed E-state index contributed by atoms with van der Waals surface area (Å²) in [6.45, 7) is 1.78. The molecule has 2 aliphatic rings. The van der Waals surface area contributed by atoms with Crippen molar-refractivity contribution in [2.75, 3.05) is 13.6 Å². The molecular formula is C23H23F6N3O. The minimum Gasteiger partial charge on any atom is -0.323 e. The smallest absolute Gasteiger partial charge is 0.323 e. The molecule has 1 aliphatic heterocycles. The first-order valence-corrected chi connectivity index (χ1v) is 10.4. The van der Waals surface area contributed by atoms with Crippen molar-refractivity contribution >= 4 is 6.03 Å². The third kappa shape index (κ3) is 4.16. The summed E-state index contributed by atoms with van der Waals surface area (Å²) in [5, 5.41) is 0. The van der Waals surface area contributed by atoms with Crippen molar-refractivity contribution in [2.45, 2.75) is 43.3 Å². The number of likely N-dealkylation sites (tertiary alicyclic amines) is 1. The van der Waals surface area contributed by atoms with Crippen molar-refractivity contribution in [2.24, 2.45) is 11.7 Å². The van der Waals surface area contributed by atoms with Gasteiger partial charge in [-0.05, 0) is 48.6 Å². The number of nitrogens with two attached hydrogens (primary N) is 1. The Labute approximate surface area is 187 Å². The van der Waals surface area contributed by atoms with Crippen LogP contribution >= 0.6 is 0 Å². The van der Waals surface area contributed by atoms with Gasteiger partial charge < -0.3 is 15.5 Å². The lowest BCUT2D eigenvalue weighted by molar-refractivity contribution is -0.143. The van der Waals surface area contributed by atoms with Gasteiger partial charge in [-0.3, -0.25) is 0 Å². The van der Waals surface area contributed by atoms with E-state index in [1.54, 1.807) is 4.90 Å². The maximum atomic E-state index is 13.4. The molecule has 0 bridgehead atoms. The lowest BCUT2D eigenvalue weighted by Crippen LogP contribution is -2.46.